The third kappa shape index (κ3) is 3.01. The normalized spacial score (nSPS) is 24.7. The molecule has 0 aromatic heterocycles. The van der Waals surface area contributed by atoms with E-state index in [2.05, 4.69) is 38.2 Å². The molecule has 0 spiro atoms. The fourth-order valence-corrected chi connectivity index (χ4v) is 2.56. The van der Waals surface area contributed by atoms with Crippen LogP contribution >= 0.6 is 0 Å². The van der Waals surface area contributed by atoms with E-state index >= 15 is 0 Å². The van der Waals surface area contributed by atoms with Crippen molar-refractivity contribution in [3.8, 4) is 0 Å². The van der Waals surface area contributed by atoms with Crippen LogP contribution in [0.5, 0.6) is 0 Å². The molecule has 0 atom stereocenters. The van der Waals surface area contributed by atoms with Gasteiger partial charge in [-0.1, -0.05) is 6.07 Å². The second-order valence-corrected chi connectivity index (χ2v) is 5.40. The molecule has 0 radical (unpaired) electrons. The van der Waals surface area contributed by atoms with Crippen molar-refractivity contribution in [3.05, 3.63) is 28.8 Å². The first-order valence-electron chi connectivity index (χ1n) is 6.58. The van der Waals surface area contributed by atoms with Crippen LogP contribution < -0.4 is 5.32 Å². The SMILES string of the molecule is Cc1cc(C)c(NC2CCC(O)CC2)cc1C. The average Bonchev–Trinajstić information content (AvgIpc) is 2.29. The number of aryl methyl sites for hydroxylation is 3. The predicted octanol–water partition coefficient (Wildman–Crippen LogP) is 3.33. The van der Waals surface area contributed by atoms with Gasteiger partial charge in [0.15, 0.2) is 0 Å². The number of hydrogen-bond acceptors (Lipinski definition) is 2. The van der Waals surface area contributed by atoms with Crippen molar-refractivity contribution in [1.29, 1.82) is 0 Å². The Morgan fingerprint density at radius 2 is 1.53 bits per heavy atom. The Balaban J connectivity index is 2.06. The third-order valence-electron chi connectivity index (χ3n) is 3.90. The van der Waals surface area contributed by atoms with Crippen LogP contribution in [0.15, 0.2) is 12.1 Å². The Labute approximate surface area is 104 Å². The molecule has 0 aliphatic heterocycles. The number of benzene rings is 1. The number of aliphatic hydroxyl groups is 1. The van der Waals surface area contributed by atoms with Gasteiger partial charge in [-0.05, 0) is 69.2 Å². The standard InChI is InChI=1S/C15H23NO/c1-10-8-12(3)15(9-11(10)2)16-13-4-6-14(17)7-5-13/h8-9,13-14,16-17H,4-7H2,1-3H3. The van der Waals surface area contributed by atoms with Crippen LogP contribution in [-0.4, -0.2) is 17.3 Å². The highest BCUT2D eigenvalue weighted by molar-refractivity contribution is 5.55. The molecule has 94 valence electrons. The number of aliphatic hydroxyl groups excluding tert-OH is 1. The summed E-state index contributed by atoms with van der Waals surface area (Å²) in [6, 6.07) is 5.02. The average molecular weight is 233 g/mol. The Morgan fingerprint density at radius 1 is 0.941 bits per heavy atom. The molecule has 0 heterocycles. The zero-order chi connectivity index (χ0) is 12.4. The molecule has 1 aliphatic carbocycles. The predicted molar refractivity (Wildman–Crippen MR) is 72.5 cm³/mol. The van der Waals surface area contributed by atoms with Gasteiger partial charge in [0.25, 0.3) is 0 Å². The van der Waals surface area contributed by atoms with Gasteiger partial charge in [-0.15, -0.1) is 0 Å². The summed E-state index contributed by atoms with van der Waals surface area (Å²) in [5.74, 6) is 0. The molecule has 0 amide bonds. The smallest absolute Gasteiger partial charge is 0.0541 e. The van der Waals surface area contributed by atoms with Crippen molar-refractivity contribution in [2.24, 2.45) is 0 Å². The van der Waals surface area contributed by atoms with E-state index < -0.39 is 0 Å². The number of rotatable bonds is 2. The second kappa shape index (κ2) is 5.09. The van der Waals surface area contributed by atoms with Crippen molar-refractivity contribution in [1.82, 2.24) is 0 Å². The molecule has 2 nitrogen and oxygen atoms in total. The van der Waals surface area contributed by atoms with Gasteiger partial charge in [0.1, 0.15) is 0 Å². The largest absolute Gasteiger partial charge is 0.393 e. The number of hydrogen-bond donors (Lipinski definition) is 2. The van der Waals surface area contributed by atoms with Gasteiger partial charge < -0.3 is 10.4 Å². The van der Waals surface area contributed by atoms with Gasteiger partial charge in [0, 0.05) is 11.7 Å². The van der Waals surface area contributed by atoms with Crippen molar-refractivity contribution in [2.75, 3.05) is 5.32 Å². The van der Waals surface area contributed by atoms with E-state index in [0.717, 1.165) is 25.7 Å². The van der Waals surface area contributed by atoms with Crippen LogP contribution in [0.4, 0.5) is 5.69 Å². The molecular weight excluding hydrogens is 210 g/mol. The summed E-state index contributed by atoms with van der Waals surface area (Å²) in [5, 5.41) is 13.1. The van der Waals surface area contributed by atoms with Crippen molar-refractivity contribution < 1.29 is 5.11 Å². The molecule has 1 fully saturated rings. The summed E-state index contributed by atoms with van der Waals surface area (Å²) in [6.45, 7) is 6.47. The van der Waals surface area contributed by atoms with E-state index in [1.165, 1.54) is 22.4 Å². The summed E-state index contributed by atoms with van der Waals surface area (Å²) in [4.78, 5) is 0. The van der Waals surface area contributed by atoms with Crippen LogP contribution in [0.1, 0.15) is 42.4 Å². The zero-order valence-corrected chi connectivity index (χ0v) is 11.1. The molecule has 1 aromatic carbocycles. The van der Waals surface area contributed by atoms with E-state index in [1.807, 2.05) is 0 Å². The first-order valence-corrected chi connectivity index (χ1v) is 6.58. The Morgan fingerprint density at radius 3 is 2.18 bits per heavy atom. The van der Waals surface area contributed by atoms with Crippen LogP contribution in [-0.2, 0) is 0 Å². The van der Waals surface area contributed by atoms with Gasteiger partial charge in [-0.25, -0.2) is 0 Å². The molecule has 17 heavy (non-hydrogen) atoms. The van der Waals surface area contributed by atoms with E-state index in [0.29, 0.717) is 6.04 Å². The molecule has 0 bridgehead atoms. The van der Waals surface area contributed by atoms with E-state index in [-0.39, 0.29) is 6.10 Å². The van der Waals surface area contributed by atoms with Gasteiger partial charge in [0.2, 0.25) is 0 Å². The minimum absolute atomic E-state index is 0.0751. The van der Waals surface area contributed by atoms with E-state index in [4.69, 9.17) is 0 Å². The molecular formula is C15H23NO. The molecule has 2 rings (SSSR count). The topological polar surface area (TPSA) is 32.3 Å². The first kappa shape index (κ1) is 12.4. The highest BCUT2D eigenvalue weighted by atomic mass is 16.3. The molecule has 2 heteroatoms. The summed E-state index contributed by atoms with van der Waals surface area (Å²) < 4.78 is 0. The van der Waals surface area contributed by atoms with Gasteiger partial charge in [-0.3, -0.25) is 0 Å². The quantitative estimate of drug-likeness (QED) is 0.821. The summed E-state index contributed by atoms with van der Waals surface area (Å²) in [7, 11) is 0. The third-order valence-corrected chi connectivity index (χ3v) is 3.90. The lowest BCUT2D eigenvalue weighted by Gasteiger charge is -2.28. The van der Waals surface area contributed by atoms with E-state index in [9.17, 15) is 5.11 Å². The highest BCUT2D eigenvalue weighted by Crippen LogP contribution is 2.25. The maximum absolute atomic E-state index is 9.50. The summed E-state index contributed by atoms with van der Waals surface area (Å²) in [5.41, 5.74) is 5.27. The first-order chi connectivity index (χ1) is 8.06. The van der Waals surface area contributed by atoms with Crippen molar-refractivity contribution in [3.63, 3.8) is 0 Å². The second-order valence-electron chi connectivity index (χ2n) is 5.40. The van der Waals surface area contributed by atoms with Crippen LogP contribution in [0.25, 0.3) is 0 Å². The fourth-order valence-electron chi connectivity index (χ4n) is 2.56. The maximum atomic E-state index is 9.50. The monoisotopic (exact) mass is 233 g/mol. The van der Waals surface area contributed by atoms with Gasteiger partial charge >= 0.3 is 0 Å². The fraction of sp³-hybridized carbons (Fsp3) is 0.600. The number of anilines is 1. The molecule has 2 N–H and O–H groups in total. The lowest BCUT2D eigenvalue weighted by Crippen LogP contribution is -2.28. The van der Waals surface area contributed by atoms with Crippen molar-refractivity contribution >= 4 is 5.69 Å². The number of nitrogens with one attached hydrogen (secondary N) is 1. The maximum Gasteiger partial charge on any atom is 0.0541 e. The zero-order valence-electron chi connectivity index (χ0n) is 11.1. The van der Waals surface area contributed by atoms with Gasteiger partial charge in [0.05, 0.1) is 6.10 Å². The molecule has 1 saturated carbocycles. The highest BCUT2D eigenvalue weighted by Gasteiger charge is 2.19. The van der Waals surface area contributed by atoms with Gasteiger partial charge in [-0.2, -0.15) is 0 Å². The lowest BCUT2D eigenvalue weighted by atomic mass is 9.92. The summed E-state index contributed by atoms with van der Waals surface area (Å²) >= 11 is 0. The van der Waals surface area contributed by atoms with Crippen LogP contribution in [0, 0.1) is 20.8 Å². The molecule has 1 aliphatic rings. The minimum atomic E-state index is -0.0751. The Kier molecular flexibility index (Phi) is 3.72. The Hall–Kier alpha value is -1.02. The summed E-state index contributed by atoms with van der Waals surface area (Å²) in [6.07, 6.45) is 3.94. The lowest BCUT2D eigenvalue weighted by molar-refractivity contribution is 0.126. The molecule has 0 unspecified atom stereocenters. The molecule has 1 aromatic rings. The molecule has 0 saturated heterocycles. The van der Waals surface area contributed by atoms with Crippen LogP contribution in [0.2, 0.25) is 0 Å². The van der Waals surface area contributed by atoms with E-state index in [1.54, 1.807) is 0 Å². The minimum Gasteiger partial charge on any atom is -0.393 e. The van der Waals surface area contributed by atoms with Crippen LogP contribution in [0.3, 0.4) is 0 Å². The Bertz CT molecular complexity index is 392. The van der Waals surface area contributed by atoms with Crippen molar-refractivity contribution in [2.45, 2.75) is 58.6 Å².